The van der Waals surface area contributed by atoms with Crippen molar-refractivity contribution >= 4 is 29.1 Å². The molecule has 2 aliphatic rings. The molecule has 0 unspecified atom stereocenters. The maximum atomic E-state index is 12.1. The van der Waals surface area contributed by atoms with Gasteiger partial charge in [-0.25, -0.2) is 9.78 Å². The lowest BCUT2D eigenvalue weighted by Crippen LogP contribution is -2.45. The molecule has 0 saturated heterocycles. The van der Waals surface area contributed by atoms with Crippen molar-refractivity contribution in [2.24, 2.45) is 0 Å². The normalized spacial score (nSPS) is 26.6. The average Bonchev–Trinajstić information content (AvgIpc) is 3.02. The van der Waals surface area contributed by atoms with E-state index in [-0.39, 0.29) is 12.1 Å². The van der Waals surface area contributed by atoms with Crippen molar-refractivity contribution < 1.29 is 4.79 Å². The van der Waals surface area contributed by atoms with Crippen molar-refractivity contribution in [3.8, 4) is 0 Å². The number of hydrogen-bond acceptors (Lipinski definition) is 4. The molecule has 4 nitrogen and oxygen atoms in total. The van der Waals surface area contributed by atoms with E-state index in [0.29, 0.717) is 17.2 Å². The molecule has 0 bridgehead atoms. The van der Waals surface area contributed by atoms with Gasteiger partial charge in [0.15, 0.2) is 0 Å². The highest BCUT2D eigenvalue weighted by Crippen LogP contribution is 2.41. The molecule has 2 N–H and O–H groups in total. The van der Waals surface area contributed by atoms with Crippen LogP contribution in [-0.2, 0) is 0 Å². The Kier molecular flexibility index (Phi) is 4.74. The number of amides is 2. The van der Waals surface area contributed by atoms with Crippen LogP contribution in [0.1, 0.15) is 61.7 Å². The zero-order chi connectivity index (χ0) is 14.8. The second-order valence-electron chi connectivity index (χ2n) is 6.04. The van der Waals surface area contributed by atoms with Crippen LogP contribution >= 0.6 is 23.1 Å². The highest BCUT2D eigenvalue weighted by molar-refractivity contribution is 7.99. The fourth-order valence-corrected chi connectivity index (χ4v) is 4.89. The van der Waals surface area contributed by atoms with E-state index in [2.05, 4.69) is 27.3 Å². The first-order valence-electron chi connectivity index (χ1n) is 7.72. The first kappa shape index (κ1) is 15.2. The van der Waals surface area contributed by atoms with Crippen LogP contribution in [0.25, 0.3) is 0 Å². The minimum absolute atomic E-state index is 0.0251. The Morgan fingerprint density at radius 1 is 1.43 bits per heavy atom. The molecule has 0 radical (unpaired) electrons. The van der Waals surface area contributed by atoms with Crippen LogP contribution in [-0.4, -0.2) is 28.6 Å². The summed E-state index contributed by atoms with van der Waals surface area (Å²) >= 11 is 3.58. The molecule has 3 atom stereocenters. The van der Waals surface area contributed by atoms with Crippen LogP contribution < -0.4 is 10.6 Å². The summed E-state index contributed by atoms with van der Waals surface area (Å²) in [5, 5.41) is 10.0. The summed E-state index contributed by atoms with van der Waals surface area (Å²) in [6, 6.07) is 0.224. The van der Waals surface area contributed by atoms with Crippen LogP contribution in [0.15, 0.2) is 5.38 Å². The molecule has 21 heavy (non-hydrogen) atoms. The third-order valence-electron chi connectivity index (χ3n) is 4.33. The Morgan fingerprint density at radius 2 is 2.24 bits per heavy atom. The second kappa shape index (κ2) is 6.57. The lowest BCUT2D eigenvalue weighted by Gasteiger charge is -2.21. The van der Waals surface area contributed by atoms with Crippen molar-refractivity contribution in [2.45, 2.75) is 62.3 Å². The molecule has 1 aromatic rings. The first-order chi connectivity index (χ1) is 10.2. The van der Waals surface area contributed by atoms with Crippen LogP contribution in [0.4, 0.5) is 4.79 Å². The van der Waals surface area contributed by atoms with E-state index in [4.69, 9.17) is 0 Å². The van der Waals surface area contributed by atoms with Gasteiger partial charge in [0.2, 0.25) is 0 Å². The molecule has 0 spiro atoms. The number of aromatic nitrogens is 1. The fraction of sp³-hybridized carbons (Fsp3) is 0.733. The number of nitrogens with one attached hydrogen (secondary N) is 2. The Morgan fingerprint density at radius 3 is 2.95 bits per heavy atom. The number of nitrogens with zero attached hydrogens (tertiary/aromatic N) is 1. The van der Waals surface area contributed by atoms with Crippen molar-refractivity contribution in [2.75, 3.05) is 6.26 Å². The van der Waals surface area contributed by atoms with Crippen molar-refractivity contribution in [3.63, 3.8) is 0 Å². The van der Waals surface area contributed by atoms with Gasteiger partial charge in [0.05, 0.1) is 16.7 Å². The number of rotatable bonds is 5. The third kappa shape index (κ3) is 3.72. The van der Waals surface area contributed by atoms with E-state index in [1.165, 1.54) is 30.7 Å². The van der Waals surface area contributed by atoms with Crippen molar-refractivity contribution in [1.82, 2.24) is 15.6 Å². The maximum Gasteiger partial charge on any atom is 0.315 e. The predicted molar refractivity (Wildman–Crippen MR) is 89.1 cm³/mol. The predicted octanol–water partition coefficient (Wildman–Crippen LogP) is 3.66. The zero-order valence-electron chi connectivity index (χ0n) is 12.6. The SMILES string of the molecule is CS[C@@H]1CCC[C@@H]1NC(=O)N[C@H](C)c1csc(C2CC2)n1. The summed E-state index contributed by atoms with van der Waals surface area (Å²) in [4.78, 5) is 16.8. The second-order valence-corrected chi connectivity index (χ2v) is 8.00. The van der Waals surface area contributed by atoms with E-state index in [1.54, 1.807) is 11.3 Å². The zero-order valence-corrected chi connectivity index (χ0v) is 14.2. The summed E-state index contributed by atoms with van der Waals surface area (Å²) < 4.78 is 0. The number of carbonyl (C=O) groups is 1. The van der Waals surface area contributed by atoms with E-state index >= 15 is 0 Å². The molecule has 116 valence electrons. The molecule has 2 fully saturated rings. The van der Waals surface area contributed by atoms with E-state index < -0.39 is 0 Å². The van der Waals surface area contributed by atoms with Crippen LogP contribution in [0.3, 0.4) is 0 Å². The van der Waals surface area contributed by atoms with Crippen LogP contribution in [0.5, 0.6) is 0 Å². The molecular formula is C15H23N3OS2. The van der Waals surface area contributed by atoms with E-state index in [9.17, 15) is 4.79 Å². The lowest BCUT2D eigenvalue weighted by molar-refractivity contribution is 0.234. The molecule has 2 aliphatic carbocycles. The smallest absolute Gasteiger partial charge is 0.315 e. The van der Waals surface area contributed by atoms with Crippen LogP contribution in [0, 0.1) is 0 Å². The van der Waals surface area contributed by atoms with E-state index in [0.717, 1.165) is 12.1 Å². The van der Waals surface area contributed by atoms with Gasteiger partial charge in [-0.3, -0.25) is 0 Å². The Hall–Kier alpha value is -0.750. The topological polar surface area (TPSA) is 54.0 Å². The van der Waals surface area contributed by atoms with Gasteiger partial charge in [0.25, 0.3) is 0 Å². The maximum absolute atomic E-state index is 12.1. The van der Waals surface area contributed by atoms with Gasteiger partial charge in [-0.05, 0) is 38.9 Å². The van der Waals surface area contributed by atoms with Gasteiger partial charge in [0, 0.05) is 22.6 Å². The van der Waals surface area contributed by atoms with Crippen molar-refractivity contribution in [3.05, 3.63) is 16.1 Å². The van der Waals surface area contributed by atoms with Gasteiger partial charge < -0.3 is 10.6 Å². The molecule has 2 saturated carbocycles. The van der Waals surface area contributed by atoms with E-state index in [1.807, 2.05) is 18.7 Å². The number of hydrogen-bond donors (Lipinski definition) is 2. The monoisotopic (exact) mass is 325 g/mol. The van der Waals surface area contributed by atoms with Gasteiger partial charge >= 0.3 is 6.03 Å². The summed E-state index contributed by atoms with van der Waals surface area (Å²) in [6.07, 6.45) is 8.18. The van der Waals surface area contributed by atoms with Crippen molar-refractivity contribution in [1.29, 1.82) is 0 Å². The Bertz CT molecular complexity index is 501. The molecule has 0 aromatic carbocycles. The first-order valence-corrected chi connectivity index (χ1v) is 9.89. The summed E-state index contributed by atoms with van der Waals surface area (Å²) in [7, 11) is 0. The highest BCUT2D eigenvalue weighted by atomic mass is 32.2. The Labute approximate surface area is 134 Å². The third-order valence-corrected chi connectivity index (χ3v) is 6.52. The average molecular weight is 326 g/mol. The molecule has 6 heteroatoms. The number of thiazole rings is 1. The minimum Gasteiger partial charge on any atom is -0.334 e. The standard InChI is InChI=1S/C15H23N3OS2/c1-9(12-8-21-14(17-12)10-6-7-10)16-15(19)18-11-4-3-5-13(11)20-2/h8-11,13H,3-7H2,1-2H3,(H2,16,18,19)/t9-,11+,13-/m1/s1. The Balaban J connectivity index is 1.51. The molecular weight excluding hydrogens is 302 g/mol. The summed E-state index contributed by atoms with van der Waals surface area (Å²) in [6.45, 7) is 2.01. The summed E-state index contributed by atoms with van der Waals surface area (Å²) in [5.74, 6) is 0.686. The quantitative estimate of drug-likeness (QED) is 0.868. The number of thioether (sulfide) groups is 1. The number of carbonyl (C=O) groups excluding carboxylic acids is 1. The molecule has 2 amide bonds. The molecule has 1 aromatic heterocycles. The lowest BCUT2D eigenvalue weighted by atomic mass is 10.2. The number of urea groups is 1. The van der Waals surface area contributed by atoms with Gasteiger partial charge in [0.1, 0.15) is 0 Å². The minimum atomic E-state index is -0.0607. The van der Waals surface area contributed by atoms with Gasteiger partial charge in [-0.2, -0.15) is 11.8 Å². The van der Waals surface area contributed by atoms with Crippen LogP contribution in [0.2, 0.25) is 0 Å². The summed E-state index contributed by atoms with van der Waals surface area (Å²) in [5.41, 5.74) is 0.991. The molecule has 3 rings (SSSR count). The van der Waals surface area contributed by atoms with Gasteiger partial charge in [-0.15, -0.1) is 11.3 Å². The highest BCUT2D eigenvalue weighted by Gasteiger charge is 2.29. The molecule has 0 aliphatic heterocycles. The van der Waals surface area contributed by atoms with Gasteiger partial charge in [-0.1, -0.05) is 6.42 Å². The molecule has 1 heterocycles. The fourth-order valence-electron chi connectivity index (χ4n) is 2.87. The largest absolute Gasteiger partial charge is 0.334 e.